The number of nitrogens with two attached hydrogens (primary N) is 1. The number of carbonyl (C=O) groups excluding carboxylic acids is 1. The van der Waals surface area contributed by atoms with Gasteiger partial charge in [-0.05, 0) is 12.8 Å². The van der Waals surface area contributed by atoms with E-state index in [0.717, 1.165) is 12.8 Å². The fourth-order valence-electron chi connectivity index (χ4n) is 2.20. The number of ether oxygens (including phenoxy) is 1. The van der Waals surface area contributed by atoms with E-state index in [-0.39, 0.29) is 11.9 Å². The third kappa shape index (κ3) is 2.17. The molecule has 1 fully saturated rings. The van der Waals surface area contributed by atoms with Gasteiger partial charge in [0.05, 0.1) is 18.1 Å². The van der Waals surface area contributed by atoms with Crippen molar-refractivity contribution < 1.29 is 9.53 Å². The molecule has 0 aromatic carbocycles. The second kappa shape index (κ2) is 4.93. The number of amides is 1. The van der Waals surface area contributed by atoms with Crippen molar-refractivity contribution in [1.82, 2.24) is 14.7 Å². The summed E-state index contributed by atoms with van der Waals surface area (Å²) < 4.78 is 6.62. The molecular formula is C11H16N4O2S. The molecule has 1 amide bonds. The zero-order valence-electron chi connectivity index (χ0n) is 10.4. The number of aryl methyl sites for hydroxylation is 1. The molecule has 1 atom stereocenters. The molecule has 2 heterocycles. The average Bonchev–Trinajstić information content (AvgIpc) is 2.93. The first-order valence-electron chi connectivity index (χ1n) is 5.73. The largest absolute Gasteiger partial charge is 0.481 e. The highest BCUT2D eigenvalue weighted by molar-refractivity contribution is 7.80. The maximum atomic E-state index is 12.3. The monoisotopic (exact) mass is 268 g/mol. The Bertz CT molecular complexity index is 485. The normalized spacial score (nSPS) is 19.0. The molecule has 0 spiro atoms. The van der Waals surface area contributed by atoms with E-state index in [9.17, 15) is 4.79 Å². The standard InChI is InChI=1S/C11H16N4O2S/c1-14-9(17-2)6-7(13-14)11(16)15-5-3-4-8(15)10(12)18/h6,8H,3-5H2,1-2H3,(H2,12,18). The van der Waals surface area contributed by atoms with Crippen molar-refractivity contribution in [3.05, 3.63) is 11.8 Å². The van der Waals surface area contributed by atoms with E-state index in [1.165, 1.54) is 4.68 Å². The van der Waals surface area contributed by atoms with Gasteiger partial charge in [-0.3, -0.25) is 4.79 Å². The summed E-state index contributed by atoms with van der Waals surface area (Å²) in [5.41, 5.74) is 6.01. The lowest BCUT2D eigenvalue weighted by atomic mass is 10.2. The number of methoxy groups -OCH3 is 1. The highest BCUT2D eigenvalue weighted by Crippen LogP contribution is 2.21. The van der Waals surface area contributed by atoms with Gasteiger partial charge in [-0.2, -0.15) is 5.10 Å². The van der Waals surface area contributed by atoms with Gasteiger partial charge in [-0.25, -0.2) is 4.68 Å². The van der Waals surface area contributed by atoms with Gasteiger partial charge in [0, 0.05) is 19.7 Å². The molecule has 6 nitrogen and oxygen atoms in total. The molecule has 98 valence electrons. The van der Waals surface area contributed by atoms with Gasteiger partial charge in [0.25, 0.3) is 5.91 Å². The van der Waals surface area contributed by atoms with Crippen LogP contribution in [0, 0.1) is 0 Å². The zero-order valence-corrected chi connectivity index (χ0v) is 11.2. The molecular weight excluding hydrogens is 252 g/mol. The molecule has 18 heavy (non-hydrogen) atoms. The Morgan fingerprint density at radius 1 is 1.67 bits per heavy atom. The molecule has 1 aliphatic rings. The van der Waals surface area contributed by atoms with E-state index in [1.54, 1.807) is 25.1 Å². The minimum absolute atomic E-state index is 0.149. The lowest BCUT2D eigenvalue weighted by Crippen LogP contribution is -2.43. The van der Waals surface area contributed by atoms with Crippen molar-refractivity contribution in [1.29, 1.82) is 0 Å². The molecule has 0 aliphatic carbocycles. The predicted molar refractivity (Wildman–Crippen MR) is 70.6 cm³/mol. The van der Waals surface area contributed by atoms with E-state index in [1.807, 2.05) is 0 Å². The third-order valence-corrected chi connectivity index (χ3v) is 3.38. The summed E-state index contributed by atoms with van der Waals surface area (Å²) in [7, 11) is 3.27. The Labute approximate surface area is 111 Å². The van der Waals surface area contributed by atoms with Crippen LogP contribution in [0.4, 0.5) is 0 Å². The Hall–Kier alpha value is -1.63. The van der Waals surface area contributed by atoms with Gasteiger partial charge < -0.3 is 15.4 Å². The summed E-state index contributed by atoms with van der Waals surface area (Å²) in [6.07, 6.45) is 1.74. The van der Waals surface area contributed by atoms with E-state index in [4.69, 9.17) is 22.7 Å². The summed E-state index contributed by atoms with van der Waals surface area (Å²) in [4.78, 5) is 14.4. The van der Waals surface area contributed by atoms with Crippen LogP contribution in [0.3, 0.4) is 0 Å². The minimum Gasteiger partial charge on any atom is -0.481 e. The van der Waals surface area contributed by atoms with Gasteiger partial charge in [0.1, 0.15) is 0 Å². The van der Waals surface area contributed by atoms with Crippen LogP contribution in [0.25, 0.3) is 0 Å². The Balaban J connectivity index is 2.22. The molecule has 1 unspecified atom stereocenters. The Morgan fingerprint density at radius 3 is 2.94 bits per heavy atom. The number of carbonyl (C=O) groups is 1. The Kier molecular flexibility index (Phi) is 3.51. The molecule has 1 aromatic rings. The maximum absolute atomic E-state index is 12.3. The molecule has 0 saturated carbocycles. The highest BCUT2D eigenvalue weighted by Gasteiger charge is 2.32. The van der Waals surface area contributed by atoms with Crippen LogP contribution in [0.5, 0.6) is 5.88 Å². The van der Waals surface area contributed by atoms with Gasteiger partial charge in [0.15, 0.2) is 5.69 Å². The van der Waals surface area contributed by atoms with E-state index >= 15 is 0 Å². The Morgan fingerprint density at radius 2 is 2.39 bits per heavy atom. The number of thiocarbonyl (C=S) groups is 1. The lowest BCUT2D eigenvalue weighted by Gasteiger charge is -2.22. The van der Waals surface area contributed by atoms with Crippen LogP contribution in [0.2, 0.25) is 0 Å². The molecule has 1 aromatic heterocycles. The molecule has 2 rings (SSSR count). The van der Waals surface area contributed by atoms with Crippen LogP contribution in [0.1, 0.15) is 23.3 Å². The molecule has 1 aliphatic heterocycles. The fourth-order valence-corrected chi connectivity index (χ4v) is 2.44. The SMILES string of the molecule is COc1cc(C(=O)N2CCCC2C(N)=S)nn1C. The van der Waals surface area contributed by atoms with Crippen molar-refractivity contribution in [2.45, 2.75) is 18.9 Å². The van der Waals surface area contributed by atoms with E-state index in [0.29, 0.717) is 23.1 Å². The number of hydrogen-bond donors (Lipinski definition) is 1. The van der Waals surface area contributed by atoms with Crippen molar-refractivity contribution in [2.24, 2.45) is 12.8 Å². The van der Waals surface area contributed by atoms with Gasteiger partial charge in [-0.1, -0.05) is 12.2 Å². The van der Waals surface area contributed by atoms with Crippen molar-refractivity contribution in [2.75, 3.05) is 13.7 Å². The van der Waals surface area contributed by atoms with Crippen LogP contribution in [0.15, 0.2) is 6.07 Å². The smallest absolute Gasteiger partial charge is 0.275 e. The van der Waals surface area contributed by atoms with Gasteiger partial charge in [-0.15, -0.1) is 0 Å². The summed E-state index contributed by atoms with van der Waals surface area (Å²) >= 11 is 4.99. The van der Waals surface area contributed by atoms with Crippen molar-refractivity contribution in [3.63, 3.8) is 0 Å². The highest BCUT2D eigenvalue weighted by atomic mass is 32.1. The summed E-state index contributed by atoms with van der Waals surface area (Å²) in [5, 5.41) is 4.14. The van der Waals surface area contributed by atoms with Crippen LogP contribution < -0.4 is 10.5 Å². The van der Waals surface area contributed by atoms with Crippen LogP contribution in [-0.4, -0.2) is 45.3 Å². The van der Waals surface area contributed by atoms with Crippen molar-refractivity contribution in [3.8, 4) is 5.88 Å². The van der Waals surface area contributed by atoms with Gasteiger partial charge in [0.2, 0.25) is 5.88 Å². The average molecular weight is 268 g/mol. The molecule has 0 radical (unpaired) electrons. The second-order valence-corrected chi connectivity index (χ2v) is 4.73. The molecule has 7 heteroatoms. The van der Waals surface area contributed by atoms with E-state index < -0.39 is 0 Å². The van der Waals surface area contributed by atoms with E-state index in [2.05, 4.69) is 5.10 Å². The summed E-state index contributed by atoms with van der Waals surface area (Å²) in [6.45, 7) is 0.666. The van der Waals surface area contributed by atoms with Crippen molar-refractivity contribution >= 4 is 23.1 Å². The maximum Gasteiger partial charge on any atom is 0.275 e. The third-order valence-electron chi connectivity index (χ3n) is 3.11. The number of aromatic nitrogens is 2. The van der Waals surface area contributed by atoms with Gasteiger partial charge >= 0.3 is 0 Å². The number of likely N-dealkylation sites (tertiary alicyclic amines) is 1. The zero-order chi connectivity index (χ0) is 13.3. The summed E-state index contributed by atoms with van der Waals surface area (Å²) in [5.74, 6) is 0.397. The first-order chi connectivity index (χ1) is 8.54. The lowest BCUT2D eigenvalue weighted by molar-refractivity contribution is 0.0763. The quantitative estimate of drug-likeness (QED) is 0.799. The number of rotatable bonds is 3. The number of hydrogen-bond acceptors (Lipinski definition) is 4. The van der Waals surface area contributed by atoms with Crippen LogP contribution in [-0.2, 0) is 7.05 Å². The second-order valence-electron chi connectivity index (χ2n) is 4.25. The number of nitrogens with zero attached hydrogens (tertiary/aromatic N) is 3. The first-order valence-corrected chi connectivity index (χ1v) is 6.13. The fraction of sp³-hybridized carbons (Fsp3) is 0.545. The van der Waals surface area contributed by atoms with Crippen LogP contribution >= 0.6 is 12.2 Å². The first kappa shape index (κ1) is 12.8. The predicted octanol–water partition coefficient (Wildman–Crippen LogP) is 0.319. The molecule has 2 N–H and O–H groups in total. The molecule has 1 saturated heterocycles. The molecule has 0 bridgehead atoms. The topological polar surface area (TPSA) is 73.4 Å². The summed E-state index contributed by atoms with van der Waals surface area (Å²) in [6, 6.07) is 1.47. The minimum atomic E-state index is -0.152.